The summed E-state index contributed by atoms with van der Waals surface area (Å²) in [5.74, 6) is -2.03. The molecule has 0 spiro atoms. The van der Waals surface area contributed by atoms with Crippen molar-refractivity contribution in [3.05, 3.63) is 29.3 Å². The fraction of sp³-hybridized carbons (Fsp3) is 0.579. The number of hydrogen-bond acceptors (Lipinski definition) is 4. The Hall–Kier alpha value is -2.70. The number of morpholine rings is 1. The van der Waals surface area contributed by atoms with Crippen LogP contribution < -0.4 is 10.1 Å². The maximum atomic E-state index is 13.2. The minimum Gasteiger partial charge on any atom is -0.405 e. The van der Waals surface area contributed by atoms with Gasteiger partial charge in [-0.25, -0.2) is 4.79 Å². The van der Waals surface area contributed by atoms with Gasteiger partial charge < -0.3 is 24.6 Å². The van der Waals surface area contributed by atoms with Gasteiger partial charge in [0.1, 0.15) is 12.4 Å². The van der Waals surface area contributed by atoms with Crippen molar-refractivity contribution < 1.29 is 45.4 Å². The van der Waals surface area contributed by atoms with E-state index in [0.29, 0.717) is 25.1 Å². The Labute approximate surface area is 178 Å². The molecule has 0 bridgehead atoms. The predicted octanol–water partition coefficient (Wildman–Crippen LogP) is 2.71. The van der Waals surface area contributed by atoms with Crippen LogP contribution in [0.3, 0.4) is 0 Å². The number of nitrogens with zero attached hydrogens (tertiary/aromatic N) is 2. The summed E-state index contributed by atoms with van der Waals surface area (Å²) < 4.78 is 85.9. The summed E-state index contributed by atoms with van der Waals surface area (Å²) in [6.45, 7) is 0.915. The van der Waals surface area contributed by atoms with Gasteiger partial charge in [0.15, 0.2) is 0 Å². The number of amides is 3. The number of nitrogens with one attached hydrogen (secondary N) is 1. The van der Waals surface area contributed by atoms with Crippen LogP contribution in [0.2, 0.25) is 0 Å². The SMILES string of the molecule is O=C1CO[C@H]2CCN(C(=O)N3CC(c4ccc(OC(F)(F)F)c(C(F)(F)F)c4)C3)CC2N1. The number of fused-ring (bicyclic) bond motifs is 1. The van der Waals surface area contributed by atoms with Crippen molar-refractivity contribution in [3.8, 4) is 5.75 Å². The molecule has 7 nitrogen and oxygen atoms in total. The molecular weight excluding hydrogens is 448 g/mol. The molecule has 0 radical (unpaired) electrons. The summed E-state index contributed by atoms with van der Waals surface area (Å²) in [5.41, 5.74) is -1.35. The first kappa shape index (κ1) is 22.5. The van der Waals surface area contributed by atoms with Gasteiger partial charge in [-0.2, -0.15) is 13.2 Å². The highest BCUT2D eigenvalue weighted by molar-refractivity contribution is 5.79. The van der Waals surface area contributed by atoms with E-state index in [1.807, 2.05) is 0 Å². The first-order valence-electron chi connectivity index (χ1n) is 9.82. The molecule has 0 aromatic heterocycles. The number of ether oxygens (including phenoxy) is 2. The minimum atomic E-state index is -5.25. The van der Waals surface area contributed by atoms with E-state index in [1.54, 1.807) is 4.90 Å². The van der Waals surface area contributed by atoms with Crippen molar-refractivity contribution in [2.45, 2.75) is 37.0 Å². The Morgan fingerprint density at radius 2 is 1.81 bits per heavy atom. The van der Waals surface area contributed by atoms with Crippen LogP contribution in [-0.2, 0) is 15.7 Å². The van der Waals surface area contributed by atoms with Crippen LogP contribution in [0.5, 0.6) is 5.75 Å². The van der Waals surface area contributed by atoms with Crippen molar-refractivity contribution in [2.24, 2.45) is 0 Å². The molecule has 2 atom stereocenters. The van der Waals surface area contributed by atoms with E-state index >= 15 is 0 Å². The fourth-order valence-electron chi connectivity index (χ4n) is 4.16. The minimum absolute atomic E-state index is 0.0182. The molecule has 13 heteroatoms. The van der Waals surface area contributed by atoms with Gasteiger partial charge in [0.2, 0.25) is 5.91 Å². The van der Waals surface area contributed by atoms with E-state index in [9.17, 15) is 35.9 Å². The van der Waals surface area contributed by atoms with Crippen LogP contribution in [0.4, 0.5) is 31.1 Å². The third-order valence-electron chi connectivity index (χ3n) is 5.75. The molecule has 0 saturated carbocycles. The summed E-state index contributed by atoms with van der Waals surface area (Å²) in [6.07, 6.45) is -9.91. The number of urea groups is 1. The van der Waals surface area contributed by atoms with Crippen molar-refractivity contribution in [2.75, 3.05) is 32.8 Å². The summed E-state index contributed by atoms with van der Waals surface area (Å²) in [5, 5.41) is 2.78. The molecule has 3 aliphatic heterocycles. The lowest BCUT2D eigenvalue weighted by molar-refractivity contribution is -0.276. The lowest BCUT2D eigenvalue weighted by Gasteiger charge is -2.46. The van der Waals surface area contributed by atoms with Gasteiger partial charge in [0.05, 0.1) is 17.7 Å². The quantitative estimate of drug-likeness (QED) is 0.680. The molecule has 4 rings (SSSR count). The molecule has 1 aromatic carbocycles. The van der Waals surface area contributed by atoms with Gasteiger partial charge in [-0.05, 0) is 24.1 Å². The van der Waals surface area contributed by atoms with Crippen molar-refractivity contribution >= 4 is 11.9 Å². The number of piperidine rings is 1. The molecule has 1 N–H and O–H groups in total. The third-order valence-corrected chi connectivity index (χ3v) is 5.75. The zero-order valence-electron chi connectivity index (χ0n) is 16.5. The average molecular weight is 467 g/mol. The number of benzene rings is 1. The van der Waals surface area contributed by atoms with Crippen LogP contribution in [-0.4, -0.2) is 73.0 Å². The molecule has 176 valence electrons. The second-order valence-electron chi connectivity index (χ2n) is 7.94. The fourth-order valence-corrected chi connectivity index (χ4v) is 4.16. The molecule has 0 aliphatic carbocycles. The van der Waals surface area contributed by atoms with Crippen LogP contribution >= 0.6 is 0 Å². The van der Waals surface area contributed by atoms with Crippen molar-refractivity contribution in [1.29, 1.82) is 0 Å². The number of likely N-dealkylation sites (tertiary alicyclic amines) is 2. The normalized spacial score (nSPS) is 24.5. The van der Waals surface area contributed by atoms with Gasteiger partial charge in [0, 0.05) is 32.1 Å². The van der Waals surface area contributed by atoms with Crippen molar-refractivity contribution in [3.63, 3.8) is 0 Å². The van der Waals surface area contributed by atoms with Gasteiger partial charge in [-0.15, -0.1) is 13.2 Å². The lowest BCUT2D eigenvalue weighted by Crippen LogP contribution is -2.63. The topological polar surface area (TPSA) is 71.1 Å². The van der Waals surface area contributed by atoms with Crippen LogP contribution in [0, 0.1) is 0 Å². The Morgan fingerprint density at radius 1 is 1.09 bits per heavy atom. The summed E-state index contributed by atoms with van der Waals surface area (Å²) >= 11 is 0. The average Bonchev–Trinajstić information content (AvgIpc) is 2.65. The van der Waals surface area contributed by atoms with Gasteiger partial charge in [-0.3, -0.25) is 4.79 Å². The molecule has 3 saturated heterocycles. The van der Waals surface area contributed by atoms with E-state index in [-0.39, 0.29) is 55.9 Å². The predicted molar refractivity (Wildman–Crippen MR) is 95.7 cm³/mol. The Bertz CT molecular complexity index is 900. The first-order chi connectivity index (χ1) is 14.9. The molecule has 3 fully saturated rings. The van der Waals surface area contributed by atoms with Crippen molar-refractivity contribution in [1.82, 2.24) is 15.1 Å². The second kappa shape index (κ2) is 8.01. The Kier molecular flexibility index (Phi) is 5.63. The maximum absolute atomic E-state index is 13.2. The summed E-state index contributed by atoms with van der Waals surface area (Å²) in [4.78, 5) is 27.2. The van der Waals surface area contributed by atoms with Crippen LogP contribution in [0.15, 0.2) is 18.2 Å². The number of rotatable bonds is 2. The third kappa shape index (κ3) is 4.71. The largest absolute Gasteiger partial charge is 0.573 e. The van der Waals surface area contributed by atoms with Crippen LogP contribution in [0.1, 0.15) is 23.5 Å². The number of hydrogen-bond donors (Lipinski definition) is 1. The number of carbonyl (C=O) groups excluding carboxylic acids is 2. The molecule has 3 aliphatic rings. The van der Waals surface area contributed by atoms with E-state index < -0.39 is 29.8 Å². The van der Waals surface area contributed by atoms with E-state index in [1.165, 1.54) is 4.90 Å². The number of alkyl halides is 6. The van der Waals surface area contributed by atoms with Crippen LogP contribution in [0.25, 0.3) is 0 Å². The maximum Gasteiger partial charge on any atom is 0.573 e. The zero-order valence-corrected chi connectivity index (χ0v) is 16.5. The Balaban J connectivity index is 1.39. The Morgan fingerprint density at radius 3 is 2.47 bits per heavy atom. The number of halogens is 6. The van der Waals surface area contributed by atoms with Gasteiger partial charge in [-0.1, -0.05) is 6.07 Å². The standard InChI is InChI=1S/C19H19F6N3O4/c20-18(21,22)12-5-10(1-2-14(12)32-19(23,24)25)11-6-28(7-11)17(30)27-4-3-15-13(8-27)26-16(29)9-31-15/h1-2,5,11,13,15H,3-4,6-9H2,(H,26,29)/t13?,15-/m0/s1. The highest BCUT2D eigenvalue weighted by Gasteiger charge is 2.43. The van der Waals surface area contributed by atoms with E-state index in [4.69, 9.17) is 4.74 Å². The first-order valence-corrected chi connectivity index (χ1v) is 9.82. The number of carbonyl (C=O) groups is 2. The molecular formula is C19H19F6N3O4. The molecule has 3 amide bonds. The zero-order chi connectivity index (χ0) is 23.3. The molecule has 1 unspecified atom stereocenters. The highest BCUT2D eigenvalue weighted by atomic mass is 19.4. The monoisotopic (exact) mass is 467 g/mol. The highest BCUT2D eigenvalue weighted by Crippen LogP contribution is 2.41. The van der Waals surface area contributed by atoms with Gasteiger partial charge >= 0.3 is 18.6 Å². The lowest BCUT2D eigenvalue weighted by atomic mass is 9.90. The van der Waals surface area contributed by atoms with Gasteiger partial charge in [0.25, 0.3) is 0 Å². The second-order valence-corrected chi connectivity index (χ2v) is 7.94. The summed E-state index contributed by atoms with van der Waals surface area (Å²) in [6, 6.07) is 1.79. The van der Waals surface area contributed by atoms with E-state index in [2.05, 4.69) is 10.1 Å². The van der Waals surface area contributed by atoms with E-state index in [0.717, 1.165) is 6.07 Å². The molecule has 32 heavy (non-hydrogen) atoms. The molecule has 1 aromatic rings. The summed E-state index contributed by atoms with van der Waals surface area (Å²) in [7, 11) is 0. The smallest absolute Gasteiger partial charge is 0.405 e. The molecule has 3 heterocycles.